The number of benzene rings is 1. The summed E-state index contributed by atoms with van der Waals surface area (Å²) in [6.45, 7) is 8.38. The summed E-state index contributed by atoms with van der Waals surface area (Å²) in [5.74, 6) is 1.40. The first-order valence-electron chi connectivity index (χ1n) is 12.6. The van der Waals surface area contributed by atoms with E-state index in [1.165, 1.54) is 25.7 Å². The van der Waals surface area contributed by atoms with Crippen LogP contribution in [-0.2, 0) is 4.79 Å². The Morgan fingerprint density at radius 2 is 1.81 bits per heavy atom. The second-order valence-corrected chi connectivity index (χ2v) is 9.51. The van der Waals surface area contributed by atoms with Crippen LogP contribution in [0.15, 0.2) is 18.2 Å². The van der Waals surface area contributed by atoms with Crippen molar-refractivity contribution in [2.24, 2.45) is 0 Å². The Labute approximate surface area is 195 Å². The van der Waals surface area contributed by atoms with Crippen molar-refractivity contribution in [1.82, 2.24) is 10.2 Å². The summed E-state index contributed by atoms with van der Waals surface area (Å²) in [6.07, 6.45) is 8.82. The predicted molar refractivity (Wildman–Crippen MR) is 129 cm³/mol. The molecule has 2 aliphatic rings. The molecule has 182 valence electrons. The van der Waals surface area contributed by atoms with Gasteiger partial charge in [-0.3, -0.25) is 9.69 Å². The van der Waals surface area contributed by atoms with Crippen LogP contribution < -0.4 is 14.8 Å². The lowest BCUT2D eigenvalue weighted by Crippen LogP contribution is -2.53. The number of likely N-dealkylation sites (tertiary alicyclic amines) is 1. The van der Waals surface area contributed by atoms with E-state index in [0.717, 1.165) is 31.2 Å². The fourth-order valence-corrected chi connectivity index (χ4v) is 4.93. The van der Waals surface area contributed by atoms with E-state index in [-0.39, 0.29) is 13.4 Å². The molecule has 2 heterocycles. The number of hydrogen-bond donors (Lipinski definition) is 2. The van der Waals surface area contributed by atoms with Crippen LogP contribution in [0.2, 0.25) is 0 Å². The van der Waals surface area contributed by atoms with Gasteiger partial charge >= 0.3 is 0 Å². The van der Waals surface area contributed by atoms with Crippen LogP contribution in [0.5, 0.6) is 11.5 Å². The lowest BCUT2D eigenvalue weighted by atomic mass is 9.94. The first kappa shape index (κ1) is 24.8. The van der Waals surface area contributed by atoms with Crippen LogP contribution >= 0.6 is 0 Å². The number of piperidine rings is 1. The van der Waals surface area contributed by atoms with Crippen LogP contribution in [0.1, 0.15) is 91.7 Å². The highest BCUT2D eigenvalue weighted by Crippen LogP contribution is 2.34. The number of nitrogens with zero attached hydrogens (tertiary/aromatic N) is 1. The number of carbonyl (C=O) groups excluding carboxylic acids is 1. The van der Waals surface area contributed by atoms with Gasteiger partial charge in [0.15, 0.2) is 11.5 Å². The zero-order valence-electron chi connectivity index (χ0n) is 20.1. The first-order valence-corrected chi connectivity index (χ1v) is 12.6. The van der Waals surface area contributed by atoms with Crippen molar-refractivity contribution < 1.29 is 20.8 Å². The van der Waals surface area contributed by atoms with Gasteiger partial charge in [0.25, 0.3) is 0 Å². The second-order valence-electron chi connectivity index (χ2n) is 9.51. The molecule has 0 aromatic heterocycles. The quantitative estimate of drug-likeness (QED) is 0.474. The van der Waals surface area contributed by atoms with Gasteiger partial charge in [-0.2, -0.15) is 0 Å². The average Bonchev–Trinajstić information content (AvgIpc) is 2.80. The van der Waals surface area contributed by atoms with Gasteiger partial charge in [0.2, 0.25) is 5.91 Å². The molecule has 1 fully saturated rings. The summed E-state index contributed by atoms with van der Waals surface area (Å²) in [7, 11) is 0. The zero-order valence-corrected chi connectivity index (χ0v) is 20.1. The van der Waals surface area contributed by atoms with Crippen molar-refractivity contribution in [3.8, 4) is 11.5 Å². The molecule has 3 rings (SSSR count). The smallest absolute Gasteiger partial charge is 0.220 e. The molecule has 0 aliphatic carbocycles. The number of nitrogens with one attached hydrogen (secondary N) is 1. The molecule has 1 aromatic carbocycles. The van der Waals surface area contributed by atoms with Gasteiger partial charge in [0, 0.05) is 26.5 Å². The van der Waals surface area contributed by atoms with Crippen LogP contribution in [0.4, 0.5) is 0 Å². The maximum absolute atomic E-state index is 12.8. The van der Waals surface area contributed by atoms with Crippen LogP contribution in [-0.4, -0.2) is 53.8 Å². The van der Waals surface area contributed by atoms with E-state index in [9.17, 15) is 9.90 Å². The molecule has 2 N–H and O–H groups in total. The number of rotatable bonds is 11. The molecule has 4 atom stereocenters. The van der Waals surface area contributed by atoms with Crippen molar-refractivity contribution in [3.63, 3.8) is 0 Å². The molecule has 6 heteroatoms. The van der Waals surface area contributed by atoms with E-state index < -0.39 is 6.10 Å². The number of fused-ring (bicyclic) bond motifs is 1. The zero-order chi connectivity index (χ0) is 22.9. The van der Waals surface area contributed by atoms with E-state index in [1.54, 1.807) is 0 Å². The standard InChI is InChI=1S/C26H42N2O4.H2/c1-4-5-6-7-8-12-25(29)27-22(18-28-19(2)10-9-11-20(28)3)26(30)21-13-14-23-24(17-21)32-16-15-31-23;/h13-14,17,19-20,22,26,30H,4-12,15-16,18H2,1-3H3,(H,27,29);1H/t19?,20?,22-,26-;/m1./s1. The highest BCUT2D eigenvalue weighted by Gasteiger charge is 2.32. The molecule has 0 spiro atoms. The Balaban J connectivity index is 0.00000385. The Morgan fingerprint density at radius 1 is 1.12 bits per heavy atom. The minimum Gasteiger partial charge on any atom is -0.486 e. The monoisotopic (exact) mass is 448 g/mol. The molecule has 2 aliphatic heterocycles. The fourth-order valence-electron chi connectivity index (χ4n) is 4.93. The summed E-state index contributed by atoms with van der Waals surface area (Å²) >= 11 is 0. The van der Waals surface area contributed by atoms with E-state index in [1.807, 2.05) is 18.2 Å². The number of aliphatic hydroxyl groups excluding tert-OH is 1. The summed E-state index contributed by atoms with van der Waals surface area (Å²) in [4.78, 5) is 15.2. The number of unbranched alkanes of at least 4 members (excludes halogenated alkanes) is 4. The molecular weight excluding hydrogens is 404 g/mol. The third kappa shape index (κ3) is 6.85. The second kappa shape index (κ2) is 12.4. The topological polar surface area (TPSA) is 71.0 Å². The van der Waals surface area contributed by atoms with Crippen molar-refractivity contribution in [2.45, 2.75) is 103 Å². The van der Waals surface area contributed by atoms with Gasteiger partial charge in [0.1, 0.15) is 19.3 Å². The number of carbonyl (C=O) groups is 1. The number of aliphatic hydroxyl groups is 1. The molecular formula is C26H44N2O4. The van der Waals surface area contributed by atoms with Crippen LogP contribution in [0.3, 0.4) is 0 Å². The lowest BCUT2D eigenvalue weighted by Gasteiger charge is -2.42. The highest BCUT2D eigenvalue weighted by molar-refractivity contribution is 5.76. The Morgan fingerprint density at radius 3 is 2.53 bits per heavy atom. The molecule has 32 heavy (non-hydrogen) atoms. The molecule has 6 nitrogen and oxygen atoms in total. The maximum Gasteiger partial charge on any atom is 0.220 e. The van der Waals surface area contributed by atoms with Crippen molar-refractivity contribution in [3.05, 3.63) is 23.8 Å². The summed E-state index contributed by atoms with van der Waals surface area (Å²) in [5.41, 5.74) is 0.750. The number of ether oxygens (including phenoxy) is 2. The van der Waals surface area contributed by atoms with E-state index >= 15 is 0 Å². The van der Waals surface area contributed by atoms with E-state index in [4.69, 9.17) is 9.47 Å². The Bertz CT molecular complexity index is 722. The average molecular weight is 449 g/mol. The molecule has 0 radical (unpaired) electrons. The van der Waals surface area contributed by atoms with Crippen molar-refractivity contribution >= 4 is 5.91 Å². The number of amides is 1. The molecule has 0 saturated carbocycles. The molecule has 2 unspecified atom stereocenters. The van der Waals surface area contributed by atoms with Gasteiger partial charge in [0.05, 0.1) is 6.04 Å². The highest BCUT2D eigenvalue weighted by atomic mass is 16.6. The minimum atomic E-state index is -0.809. The van der Waals surface area contributed by atoms with Gasteiger partial charge in [-0.25, -0.2) is 0 Å². The molecule has 1 amide bonds. The van der Waals surface area contributed by atoms with Crippen molar-refractivity contribution in [1.29, 1.82) is 0 Å². The van der Waals surface area contributed by atoms with E-state index in [2.05, 4.69) is 31.0 Å². The number of hydrogen-bond acceptors (Lipinski definition) is 5. The lowest BCUT2D eigenvalue weighted by molar-refractivity contribution is -0.123. The van der Waals surface area contributed by atoms with Crippen LogP contribution in [0, 0.1) is 0 Å². The Hall–Kier alpha value is -1.79. The van der Waals surface area contributed by atoms with Gasteiger partial charge in [-0.05, 0) is 50.8 Å². The normalized spacial score (nSPS) is 22.9. The van der Waals surface area contributed by atoms with Gasteiger partial charge in [-0.15, -0.1) is 0 Å². The largest absolute Gasteiger partial charge is 0.486 e. The van der Waals surface area contributed by atoms with Crippen molar-refractivity contribution in [2.75, 3.05) is 19.8 Å². The Kier molecular flexibility index (Phi) is 9.67. The van der Waals surface area contributed by atoms with Crippen LogP contribution in [0.25, 0.3) is 0 Å². The molecule has 0 bridgehead atoms. The fraction of sp³-hybridized carbons (Fsp3) is 0.731. The summed E-state index contributed by atoms with van der Waals surface area (Å²) < 4.78 is 11.3. The predicted octanol–water partition coefficient (Wildman–Crippen LogP) is 4.85. The summed E-state index contributed by atoms with van der Waals surface area (Å²) in [5, 5.41) is 14.5. The van der Waals surface area contributed by atoms with Gasteiger partial charge in [-0.1, -0.05) is 45.1 Å². The summed E-state index contributed by atoms with van der Waals surface area (Å²) in [6, 6.07) is 6.10. The SMILES string of the molecule is CCCCCCCC(=O)N[C@H](CN1C(C)CCCC1C)[C@H](O)c1ccc2c(c1)OCCO2.[HH]. The third-order valence-electron chi connectivity index (χ3n) is 6.93. The maximum atomic E-state index is 12.8. The van der Waals surface area contributed by atoms with Gasteiger partial charge < -0.3 is 19.9 Å². The van der Waals surface area contributed by atoms with E-state index in [0.29, 0.717) is 49.8 Å². The molecule has 1 aromatic rings. The minimum absolute atomic E-state index is 0. The molecule has 1 saturated heterocycles. The first-order chi connectivity index (χ1) is 15.5. The third-order valence-corrected chi connectivity index (χ3v) is 6.93.